The Morgan fingerprint density at radius 3 is 2.85 bits per heavy atom. The fourth-order valence-corrected chi connectivity index (χ4v) is 5.99. The second-order valence-corrected chi connectivity index (χ2v) is 9.90. The molecule has 6 nitrogen and oxygen atoms in total. The molecular formula is C24H20FN3O3S2. The lowest BCUT2D eigenvalue weighted by molar-refractivity contribution is 0.0732. The molecule has 33 heavy (non-hydrogen) atoms. The minimum absolute atomic E-state index is 0.155. The van der Waals surface area contributed by atoms with E-state index in [1.54, 1.807) is 53.3 Å². The third-order valence-electron chi connectivity index (χ3n) is 5.52. The average Bonchev–Trinajstić information content (AvgIpc) is 3.56. The first-order valence-corrected chi connectivity index (χ1v) is 12.3. The third-order valence-corrected chi connectivity index (χ3v) is 7.63. The summed E-state index contributed by atoms with van der Waals surface area (Å²) in [6.45, 7) is 2.18. The maximum Gasteiger partial charge on any atom is 0.275 e. The first-order chi connectivity index (χ1) is 16.0. The second-order valence-electron chi connectivity index (χ2n) is 7.69. The Labute approximate surface area is 197 Å². The standard InChI is InChI=1S/C24H20FN3O3S2/c1-14-27-21(22(33-14)15-5-7-16(25)8-6-15)24(30)28-13-32-12-17(28)11-26-23(29)19-3-2-4-20-18(19)9-10-31-20/h2-10,17H,11-13H2,1H3,(H,26,29)/t17-/m1/s1. The topological polar surface area (TPSA) is 75.4 Å². The smallest absolute Gasteiger partial charge is 0.275 e. The van der Waals surface area contributed by atoms with Crippen LogP contribution in [0, 0.1) is 12.7 Å². The van der Waals surface area contributed by atoms with E-state index in [0.29, 0.717) is 29.3 Å². The fraction of sp³-hybridized carbons (Fsp3) is 0.208. The van der Waals surface area contributed by atoms with Crippen LogP contribution < -0.4 is 5.32 Å². The maximum atomic E-state index is 13.4. The Morgan fingerprint density at radius 2 is 2.03 bits per heavy atom. The molecule has 3 heterocycles. The molecule has 5 rings (SSSR count). The Morgan fingerprint density at radius 1 is 1.21 bits per heavy atom. The summed E-state index contributed by atoms with van der Waals surface area (Å²) in [5.41, 5.74) is 2.32. The van der Waals surface area contributed by atoms with E-state index in [0.717, 1.165) is 26.6 Å². The quantitative estimate of drug-likeness (QED) is 0.437. The predicted octanol–water partition coefficient (Wildman–Crippen LogP) is 4.95. The molecule has 0 saturated carbocycles. The van der Waals surface area contributed by atoms with Crippen molar-refractivity contribution in [3.63, 3.8) is 0 Å². The average molecular weight is 482 g/mol. The minimum Gasteiger partial charge on any atom is -0.464 e. The molecule has 2 aromatic carbocycles. The van der Waals surface area contributed by atoms with Crippen molar-refractivity contribution >= 4 is 45.9 Å². The highest BCUT2D eigenvalue weighted by Gasteiger charge is 2.33. The third kappa shape index (κ3) is 4.26. The zero-order valence-corrected chi connectivity index (χ0v) is 19.3. The van der Waals surface area contributed by atoms with Gasteiger partial charge >= 0.3 is 0 Å². The number of rotatable bonds is 5. The molecule has 0 spiro atoms. The monoisotopic (exact) mass is 481 g/mol. The van der Waals surface area contributed by atoms with Crippen molar-refractivity contribution in [3.05, 3.63) is 76.9 Å². The van der Waals surface area contributed by atoms with E-state index in [1.807, 2.05) is 13.0 Å². The molecule has 1 atom stereocenters. The van der Waals surface area contributed by atoms with E-state index in [9.17, 15) is 14.0 Å². The van der Waals surface area contributed by atoms with Crippen molar-refractivity contribution in [2.45, 2.75) is 13.0 Å². The van der Waals surface area contributed by atoms with Crippen LogP contribution in [0.15, 0.2) is 59.2 Å². The Bertz CT molecular complexity index is 1330. The van der Waals surface area contributed by atoms with Crippen molar-refractivity contribution in [1.29, 1.82) is 0 Å². The summed E-state index contributed by atoms with van der Waals surface area (Å²) in [4.78, 5) is 33.2. The molecule has 0 unspecified atom stereocenters. The number of hydrogen-bond donors (Lipinski definition) is 1. The van der Waals surface area contributed by atoms with Gasteiger partial charge in [-0.05, 0) is 42.8 Å². The molecule has 0 bridgehead atoms. The van der Waals surface area contributed by atoms with Gasteiger partial charge in [0.15, 0.2) is 0 Å². The van der Waals surface area contributed by atoms with Crippen molar-refractivity contribution in [2.24, 2.45) is 0 Å². The van der Waals surface area contributed by atoms with Gasteiger partial charge in [0.05, 0.1) is 33.6 Å². The summed E-state index contributed by atoms with van der Waals surface area (Å²) in [6.07, 6.45) is 1.56. The number of benzene rings is 2. The number of carbonyl (C=O) groups is 2. The number of halogens is 1. The van der Waals surface area contributed by atoms with Crippen LogP contribution in [0.4, 0.5) is 4.39 Å². The molecule has 1 fully saturated rings. The molecule has 2 aromatic heterocycles. The lowest BCUT2D eigenvalue weighted by Gasteiger charge is -2.24. The number of aromatic nitrogens is 1. The van der Waals surface area contributed by atoms with E-state index < -0.39 is 0 Å². The van der Waals surface area contributed by atoms with Crippen LogP contribution in [-0.2, 0) is 0 Å². The second kappa shape index (κ2) is 8.99. The Hall–Kier alpha value is -3.17. The summed E-state index contributed by atoms with van der Waals surface area (Å²) >= 11 is 3.05. The molecular weight excluding hydrogens is 461 g/mol. The molecule has 1 aliphatic rings. The highest BCUT2D eigenvalue weighted by molar-refractivity contribution is 7.99. The molecule has 1 aliphatic heterocycles. The molecule has 1 saturated heterocycles. The minimum atomic E-state index is -0.328. The number of amides is 2. The summed E-state index contributed by atoms with van der Waals surface area (Å²) in [5, 5.41) is 4.49. The van der Waals surface area contributed by atoms with E-state index in [1.165, 1.54) is 23.5 Å². The van der Waals surface area contributed by atoms with Crippen LogP contribution in [0.1, 0.15) is 25.9 Å². The van der Waals surface area contributed by atoms with E-state index in [2.05, 4.69) is 10.3 Å². The summed E-state index contributed by atoms with van der Waals surface area (Å²) in [7, 11) is 0. The predicted molar refractivity (Wildman–Crippen MR) is 128 cm³/mol. The number of thioether (sulfide) groups is 1. The molecule has 4 aromatic rings. The van der Waals surface area contributed by atoms with Crippen LogP contribution in [0.5, 0.6) is 0 Å². The number of aryl methyl sites for hydroxylation is 1. The van der Waals surface area contributed by atoms with Crippen LogP contribution in [0.25, 0.3) is 21.4 Å². The van der Waals surface area contributed by atoms with Gasteiger partial charge in [0, 0.05) is 17.7 Å². The molecule has 9 heteroatoms. The first-order valence-electron chi connectivity index (χ1n) is 10.4. The highest BCUT2D eigenvalue weighted by atomic mass is 32.2. The molecule has 0 radical (unpaired) electrons. The SMILES string of the molecule is Cc1nc(C(=O)N2CSC[C@H]2CNC(=O)c2cccc3occc23)c(-c2ccc(F)cc2)s1. The maximum absolute atomic E-state index is 13.4. The van der Waals surface area contributed by atoms with Gasteiger partial charge in [0.2, 0.25) is 0 Å². The van der Waals surface area contributed by atoms with Gasteiger partial charge in [-0.15, -0.1) is 23.1 Å². The van der Waals surface area contributed by atoms with Gasteiger partial charge in [0.1, 0.15) is 17.1 Å². The molecule has 1 N–H and O–H groups in total. The Balaban J connectivity index is 1.33. The normalized spacial score (nSPS) is 15.8. The summed E-state index contributed by atoms with van der Waals surface area (Å²) < 4.78 is 18.8. The number of furan rings is 1. The van der Waals surface area contributed by atoms with Gasteiger partial charge in [-0.3, -0.25) is 9.59 Å². The van der Waals surface area contributed by atoms with E-state index in [4.69, 9.17) is 4.42 Å². The van der Waals surface area contributed by atoms with Gasteiger partial charge in [-0.25, -0.2) is 9.37 Å². The van der Waals surface area contributed by atoms with Crippen molar-refractivity contribution in [1.82, 2.24) is 15.2 Å². The lowest BCUT2D eigenvalue weighted by Crippen LogP contribution is -2.44. The van der Waals surface area contributed by atoms with Crippen molar-refractivity contribution in [2.75, 3.05) is 18.2 Å². The number of thiazole rings is 1. The van der Waals surface area contributed by atoms with Crippen LogP contribution in [0.3, 0.4) is 0 Å². The largest absolute Gasteiger partial charge is 0.464 e. The molecule has 2 amide bonds. The highest BCUT2D eigenvalue weighted by Crippen LogP contribution is 2.33. The van der Waals surface area contributed by atoms with Crippen LogP contribution in [-0.4, -0.2) is 45.9 Å². The van der Waals surface area contributed by atoms with E-state index >= 15 is 0 Å². The van der Waals surface area contributed by atoms with Crippen molar-refractivity contribution < 1.29 is 18.4 Å². The molecule has 0 aliphatic carbocycles. The zero-order valence-electron chi connectivity index (χ0n) is 17.7. The number of fused-ring (bicyclic) bond motifs is 1. The summed E-state index contributed by atoms with van der Waals surface area (Å²) in [6, 6.07) is 13.0. The van der Waals surface area contributed by atoms with Crippen molar-refractivity contribution in [3.8, 4) is 10.4 Å². The Kier molecular flexibility index (Phi) is 5.90. The van der Waals surface area contributed by atoms with Crippen LogP contribution in [0.2, 0.25) is 0 Å². The zero-order chi connectivity index (χ0) is 22.9. The van der Waals surface area contributed by atoms with Gasteiger partial charge < -0.3 is 14.6 Å². The van der Waals surface area contributed by atoms with Gasteiger partial charge in [-0.2, -0.15) is 0 Å². The first kappa shape index (κ1) is 21.7. The molecule has 168 valence electrons. The number of carbonyl (C=O) groups excluding carboxylic acids is 2. The fourth-order valence-electron chi connectivity index (χ4n) is 3.88. The van der Waals surface area contributed by atoms with E-state index in [-0.39, 0.29) is 23.7 Å². The number of nitrogens with zero attached hydrogens (tertiary/aromatic N) is 2. The van der Waals surface area contributed by atoms with Crippen LogP contribution >= 0.6 is 23.1 Å². The number of hydrogen-bond acceptors (Lipinski definition) is 6. The lowest BCUT2D eigenvalue weighted by atomic mass is 10.1. The number of nitrogens with one attached hydrogen (secondary N) is 1. The van der Waals surface area contributed by atoms with Gasteiger partial charge in [0.25, 0.3) is 11.8 Å². The van der Waals surface area contributed by atoms with Gasteiger partial charge in [-0.1, -0.05) is 18.2 Å². The summed E-state index contributed by atoms with van der Waals surface area (Å²) in [5.74, 6) is 0.529.